The third-order valence-electron chi connectivity index (χ3n) is 3.41. The lowest BCUT2D eigenvalue weighted by Gasteiger charge is -2.22. The quantitative estimate of drug-likeness (QED) is 0.841. The molecule has 1 fully saturated rings. The Morgan fingerprint density at radius 3 is 3.11 bits per heavy atom. The van der Waals surface area contributed by atoms with Crippen molar-refractivity contribution in [2.45, 2.75) is 19.4 Å². The molecule has 2 rings (SSSR count). The van der Waals surface area contributed by atoms with Gasteiger partial charge in [-0.2, -0.15) is 0 Å². The molecule has 0 bridgehead atoms. The number of piperidine rings is 1. The predicted molar refractivity (Wildman–Crippen MR) is 76.0 cm³/mol. The number of hydrogen-bond donors (Lipinski definition) is 2. The molecule has 1 aromatic heterocycles. The molecule has 1 atom stereocenters. The lowest BCUT2D eigenvalue weighted by molar-refractivity contribution is -0.125. The molecule has 19 heavy (non-hydrogen) atoms. The maximum absolute atomic E-state index is 12.1. The third kappa shape index (κ3) is 3.67. The van der Waals surface area contributed by atoms with Gasteiger partial charge in [-0.25, -0.2) is 4.98 Å². The van der Waals surface area contributed by atoms with Crippen LogP contribution < -0.4 is 15.5 Å². The highest BCUT2D eigenvalue weighted by molar-refractivity contribution is 5.79. The summed E-state index contributed by atoms with van der Waals surface area (Å²) in [5.41, 5.74) is 1.05. The summed E-state index contributed by atoms with van der Waals surface area (Å²) in [6.07, 6.45) is 3.83. The van der Waals surface area contributed by atoms with E-state index < -0.39 is 0 Å². The first-order valence-electron chi connectivity index (χ1n) is 6.78. The fourth-order valence-corrected chi connectivity index (χ4v) is 2.37. The SMILES string of the molecule is CN(C)c1ncccc1CNC(=O)C1CCCNC1. The highest BCUT2D eigenvalue weighted by Gasteiger charge is 2.20. The van der Waals surface area contributed by atoms with Crippen LogP contribution in [0.5, 0.6) is 0 Å². The van der Waals surface area contributed by atoms with E-state index in [0.29, 0.717) is 6.54 Å². The van der Waals surface area contributed by atoms with Gasteiger partial charge in [-0.05, 0) is 25.5 Å². The zero-order valence-corrected chi connectivity index (χ0v) is 11.6. The summed E-state index contributed by atoms with van der Waals surface area (Å²) in [5, 5.41) is 6.28. The van der Waals surface area contributed by atoms with Crippen molar-refractivity contribution < 1.29 is 4.79 Å². The molecule has 2 N–H and O–H groups in total. The zero-order valence-electron chi connectivity index (χ0n) is 11.6. The second kappa shape index (κ2) is 6.52. The minimum atomic E-state index is 0.105. The Morgan fingerprint density at radius 2 is 2.42 bits per heavy atom. The van der Waals surface area contributed by atoms with Crippen LogP contribution in [0.3, 0.4) is 0 Å². The fourth-order valence-electron chi connectivity index (χ4n) is 2.37. The third-order valence-corrected chi connectivity index (χ3v) is 3.41. The number of pyridine rings is 1. The Labute approximate surface area is 114 Å². The highest BCUT2D eigenvalue weighted by Crippen LogP contribution is 2.15. The molecule has 5 nitrogen and oxygen atoms in total. The van der Waals surface area contributed by atoms with E-state index in [1.165, 1.54) is 0 Å². The maximum atomic E-state index is 12.1. The van der Waals surface area contributed by atoms with E-state index in [4.69, 9.17) is 0 Å². The molecule has 0 aliphatic carbocycles. The molecule has 0 radical (unpaired) electrons. The van der Waals surface area contributed by atoms with E-state index in [-0.39, 0.29) is 11.8 Å². The first-order chi connectivity index (χ1) is 9.18. The van der Waals surface area contributed by atoms with E-state index in [1.807, 2.05) is 31.1 Å². The van der Waals surface area contributed by atoms with Gasteiger partial charge in [0.1, 0.15) is 5.82 Å². The van der Waals surface area contributed by atoms with Crippen molar-refractivity contribution in [3.05, 3.63) is 23.9 Å². The van der Waals surface area contributed by atoms with Crippen molar-refractivity contribution >= 4 is 11.7 Å². The van der Waals surface area contributed by atoms with Gasteiger partial charge in [-0.1, -0.05) is 6.07 Å². The van der Waals surface area contributed by atoms with Crippen molar-refractivity contribution in [3.8, 4) is 0 Å². The van der Waals surface area contributed by atoms with Gasteiger partial charge >= 0.3 is 0 Å². The molecular weight excluding hydrogens is 240 g/mol. The van der Waals surface area contributed by atoms with Gasteiger partial charge in [-0.3, -0.25) is 4.79 Å². The summed E-state index contributed by atoms with van der Waals surface area (Å²) < 4.78 is 0. The fraction of sp³-hybridized carbons (Fsp3) is 0.571. The van der Waals surface area contributed by atoms with Gasteiger partial charge in [0.05, 0.1) is 5.92 Å². The van der Waals surface area contributed by atoms with Crippen LogP contribution >= 0.6 is 0 Å². The molecule has 0 saturated carbocycles. The monoisotopic (exact) mass is 262 g/mol. The average Bonchev–Trinajstić information content (AvgIpc) is 2.46. The highest BCUT2D eigenvalue weighted by atomic mass is 16.1. The molecular formula is C14H22N4O. The smallest absolute Gasteiger partial charge is 0.224 e. The number of anilines is 1. The van der Waals surface area contributed by atoms with Crippen LogP contribution in [0.4, 0.5) is 5.82 Å². The number of nitrogens with one attached hydrogen (secondary N) is 2. The minimum absolute atomic E-state index is 0.105. The summed E-state index contributed by atoms with van der Waals surface area (Å²) in [6, 6.07) is 3.90. The molecule has 1 amide bonds. The molecule has 1 saturated heterocycles. The number of carbonyl (C=O) groups excluding carboxylic acids is 1. The van der Waals surface area contributed by atoms with Gasteiger partial charge in [0.2, 0.25) is 5.91 Å². The first kappa shape index (κ1) is 13.8. The predicted octanol–water partition coefficient (Wildman–Crippen LogP) is 0.763. The maximum Gasteiger partial charge on any atom is 0.224 e. The van der Waals surface area contributed by atoms with E-state index >= 15 is 0 Å². The lowest BCUT2D eigenvalue weighted by atomic mass is 9.99. The lowest BCUT2D eigenvalue weighted by Crippen LogP contribution is -2.40. The normalized spacial score (nSPS) is 18.9. The largest absolute Gasteiger partial charge is 0.362 e. The number of rotatable bonds is 4. The van der Waals surface area contributed by atoms with E-state index in [1.54, 1.807) is 6.20 Å². The number of nitrogens with zero attached hydrogens (tertiary/aromatic N) is 2. The van der Waals surface area contributed by atoms with Gasteiger partial charge < -0.3 is 15.5 Å². The molecule has 1 aromatic rings. The van der Waals surface area contributed by atoms with Crippen LogP contribution in [0, 0.1) is 5.92 Å². The van der Waals surface area contributed by atoms with Crippen LogP contribution in [0.1, 0.15) is 18.4 Å². The second-order valence-electron chi connectivity index (χ2n) is 5.14. The topological polar surface area (TPSA) is 57.3 Å². The molecule has 5 heteroatoms. The molecule has 1 aliphatic rings. The van der Waals surface area contributed by atoms with Gasteiger partial charge in [0, 0.05) is 38.9 Å². The molecule has 2 heterocycles. The summed E-state index contributed by atoms with van der Waals surface area (Å²) in [4.78, 5) is 18.4. The van der Waals surface area contributed by atoms with Crippen LogP contribution in [-0.4, -0.2) is 38.1 Å². The Hall–Kier alpha value is -1.62. The van der Waals surface area contributed by atoms with Crippen molar-refractivity contribution in [2.24, 2.45) is 5.92 Å². The summed E-state index contributed by atoms with van der Waals surface area (Å²) in [7, 11) is 3.91. The summed E-state index contributed by atoms with van der Waals surface area (Å²) in [5.74, 6) is 1.15. The standard InChI is InChI=1S/C14H22N4O/c1-18(2)13-11(5-4-8-16-13)10-17-14(19)12-6-3-7-15-9-12/h4-5,8,12,15H,3,6-7,9-10H2,1-2H3,(H,17,19). The van der Waals surface area contributed by atoms with Crippen molar-refractivity contribution in [1.29, 1.82) is 0 Å². The van der Waals surface area contributed by atoms with Crippen LogP contribution in [0.2, 0.25) is 0 Å². The molecule has 1 aliphatic heterocycles. The van der Waals surface area contributed by atoms with Gasteiger partial charge in [0.25, 0.3) is 0 Å². The summed E-state index contributed by atoms with van der Waals surface area (Å²) >= 11 is 0. The first-order valence-corrected chi connectivity index (χ1v) is 6.78. The van der Waals surface area contributed by atoms with E-state index in [9.17, 15) is 4.79 Å². The second-order valence-corrected chi connectivity index (χ2v) is 5.14. The average molecular weight is 262 g/mol. The zero-order chi connectivity index (χ0) is 13.7. The number of carbonyl (C=O) groups is 1. The number of hydrogen-bond acceptors (Lipinski definition) is 4. The van der Waals surface area contributed by atoms with Crippen LogP contribution in [0.15, 0.2) is 18.3 Å². The Morgan fingerprint density at radius 1 is 1.58 bits per heavy atom. The molecule has 0 spiro atoms. The Kier molecular flexibility index (Phi) is 4.74. The number of aromatic nitrogens is 1. The van der Waals surface area contributed by atoms with Crippen LogP contribution in [0.25, 0.3) is 0 Å². The minimum Gasteiger partial charge on any atom is -0.362 e. The van der Waals surface area contributed by atoms with Crippen molar-refractivity contribution in [2.75, 3.05) is 32.1 Å². The van der Waals surface area contributed by atoms with Gasteiger partial charge in [-0.15, -0.1) is 0 Å². The summed E-state index contributed by atoms with van der Waals surface area (Å²) in [6.45, 7) is 2.35. The van der Waals surface area contributed by atoms with Crippen LogP contribution in [-0.2, 0) is 11.3 Å². The number of amides is 1. The Balaban J connectivity index is 1.93. The van der Waals surface area contributed by atoms with Crippen molar-refractivity contribution in [3.63, 3.8) is 0 Å². The van der Waals surface area contributed by atoms with Gasteiger partial charge in [0.15, 0.2) is 0 Å². The van der Waals surface area contributed by atoms with E-state index in [2.05, 4.69) is 15.6 Å². The Bertz CT molecular complexity index is 427. The molecule has 1 unspecified atom stereocenters. The molecule has 0 aromatic carbocycles. The van der Waals surface area contributed by atoms with Crippen molar-refractivity contribution in [1.82, 2.24) is 15.6 Å². The molecule has 104 valence electrons. The van der Waals surface area contributed by atoms with E-state index in [0.717, 1.165) is 37.3 Å².